The summed E-state index contributed by atoms with van der Waals surface area (Å²) in [5.74, 6) is -3.19. The SMILES string of the molecule is O=C(O)C(F)(F)F.O=C(O)C(F)(F)F.c1ccc(Nc2ccnc(C3COCCN3C3CCOCC3)n2)nc1. The van der Waals surface area contributed by atoms with Crippen LogP contribution in [0.5, 0.6) is 0 Å². The molecule has 0 aromatic carbocycles. The number of nitrogens with one attached hydrogen (secondary N) is 1. The van der Waals surface area contributed by atoms with E-state index in [1.807, 2.05) is 24.3 Å². The highest BCUT2D eigenvalue weighted by molar-refractivity contribution is 5.73. The Balaban J connectivity index is 0.000000317. The molecule has 2 aliphatic rings. The molecule has 4 rings (SSSR count). The highest BCUT2D eigenvalue weighted by atomic mass is 19.4. The smallest absolute Gasteiger partial charge is 0.475 e. The molecule has 216 valence electrons. The molecule has 0 saturated carbocycles. The van der Waals surface area contributed by atoms with Crippen molar-refractivity contribution in [3.63, 3.8) is 0 Å². The summed E-state index contributed by atoms with van der Waals surface area (Å²) in [6, 6.07) is 8.21. The second-order valence-electron chi connectivity index (χ2n) is 7.92. The van der Waals surface area contributed by atoms with Crippen molar-refractivity contribution in [3.05, 3.63) is 42.5 Å². The van der Waals surface area contributed by atoms with Crippen LogP contribution in [0.4, 0.5) is 38.0 Å². The van der Waals surface area contributed by atoms with Gasteiger partial charge in [0, 0.05) is 38.2 Å². The number of anilines is 2. The number of aromatic nitrogens is 3. The van der Waals surface area contributed by atoms with E-state index in [-0.39, 0.29) is 6.04 Å². The first kappa shape index (κ1) is 31.6. The average molecular weight is 569 g/mol. The molecular weight excluding hydrogens is 544 g/mol. The van der Waals surface area contributed by atoms with E-state index >= 15 is 0 Å². The van der Waals surface area contributed by atoms with Gasteiger partial charge in [0.05, 0.1) is 19.3 Å². The molecule has 2 aliphatic heterocycles. The van der Waals surface area contributed by atoms with E-state index < -0.39 is 24.3 Å². The van der Waals surface area contributed by atoms with E-state index in [2.05, 4.69) is 20.2 Å². The molecule has 0 radical (unpaired) electrons. The molecule has 0 spiro atoms. The number of alkyl halides is 6. The van der Waals surface area contributed by atoms with Crippen LogP contribution >= 0.6 is 0 Å². The number of hydrogen-bond acceptors (Lipinski definition) is 9. The van der Waals surface area contributed by atoms with Gasteiger partial charge in [-0.1, -0.05) is 6.07 Å². The van der Waals surface area contributed by atoms with Crippen molar-refractivity contribution in [3.8, 4) is 0 Å². The molecule has 1 unspecified atom stereocenters. The monoisotopic (exact) mass is 569 g/mol. The molecule has 3 N–H and O–H groups in total. The first-order valence-electron chi connectivity index (χ1n) is 11.3. The maximum Gasteiger partial charge on any atom is 0.490 e. The summed E-state index contributed by atoms with van der Waals surface area (Å²) in [4.78, 5) is 33.8. The summed E-state index contributed by atoms with van der Waals surface area (Å²) in [5, 5.41) is 17.5. The average Bonchev–Trinajstić information content (AvgIpc) is 2.90. The van der Waals surface area contributed by atoms with Crippen LogP contribution in [0.1, 0.15) is 24.7 Å². The summed E-state index contributed by atoms with van der Waals surface area (Å²) >= 11 is 0. The van der Waals surface area contributed by atoms with Crippen LogP contribution in [-0.2, 0) is 19.1 Å². The Kier molecular flexibility index (Phi) is 11.8. The van der Waals surface area contributed by atoms with Crippen molar-refractivity contribution in [1.82, 2.24) is 19.9 Å². The number of halogens is 6. The van der Waals surface area contributed by atoms with E-state index in [4.69, 9.17) is 34.3 Å². The fraction of sp³-hybridized carbons (Fsp3) is 0.500. The Bertz CT molecular complexity index is 1030. The van der Waals surface area contributed by atoms with E-state index in [1.54, 1.807) is 12.4 Å². The predicted molar refractivity (Wildman–Crippen MR) is 121 cm³/mol. The van der Waals surface area contributed by atoms with Gasteiger partial charge in [0.2, 0.25) is 0 Å². The van der Waals surface area contributed by atoms with E-state index in [9.17, 15) is 26.3 Å². The van der Waals surface area contributed by atoms with Crippen LogP contribution < -0.4 is 5.32 Å². The van der Waals surface area contributed by atoms with Gasteiger partial charge in [0.15, 0.2) is 0 Å². The number of pyridine rings is 1. The molecule has 0 aliphatic carbocycles. The minimum absolute atomic E-state index is 0.0855. The largest absolute Gasteiger partial charge is 0.490 e. The zero-order valence-corrected chi connectivity index (χ0v) is 20.2. The van der Waals surface area contributed by atoms with Gasteiger partial charge in [-0.3, -0.25) is 4.90 Å². The van der Waals surface area contributed by atoms with Crippen molar-refractivity contribution >= 4 is 23.6 Å². The highest BCUT2D eigenvalue weighted by Crippen LogP contribution is 2.28. The number of carbonyl (C=O) groups is 2. The number of carboxylic acid groups (broad SMARTS) is 2. The first-order chi connectivity index (χ1) is 18.3. The summed E-state index contributed by atoms with van der Waals surface area (Å²) in [7, 11) is 0. The normalized spacial score (nSPS) is 18.6. The minimum atomic E-state index is -5.08. The Hall–Kier alpha value is -3.57. The van der Waals surface area contributed by atoms with Crippen LogP contribution in [0.3, 0.4) is 0 Å². The number of hydrogen-bond donors (Lipinski definition) is 3. The molecule has 2 aromatic heterocycles. The third-order valence-electron chi connectivity index (χ3n) is 5.21. The van der Waals surface area contributed by atoms with E-state index in [1.165, 1.54) is 0 Å². The van der Waals surface area contributed by atoms with Gasteiger partial charge < -0.3 is 25.0 Å². The van der Waals surface area contributed by atoms with Gasteiger partial charge in [0.1, 0.15) is 17.5 Å². The third-order valence-corrected chi connectivity index (χ3v) is 5.21. The molecule has 17 heteroatoms. The van der Waals surface area contributed by atoms with Crippen molar-refractivity contribution in [2.75, 3.05) is 38.3 Å². The van der Waals surface area contributed by atoms with Gasteiger partial charge in [-0.15, -0.1) is 0 Å². The Labute approximate surface area is 217 Å². The van der Waals surface area contributed by atoms with Crippen molar-refractivity contribution in [1.29, 1.82) is 0 Å². The fourth-order valence-corrected chi connectivity index (χ4v) is 3.47. The maximum absolute atomic E-state index is 10.6. The van der Waals surface area contributed by atoms with Crippen molar-refractivity contribution < 1.29 is 55.6 Å². The van der Waals surface area contributed by atoms with Crippen molar-refractivity contribution in [2.24, 2.45) is 0 Å². The second kappa shape index (κ2) is 14.5. The molecule has 0 amide bonds. The van der Waals surface area contributed by atoms with Crippen LogP contribution in [0.15, 0.2) is 36.7 Å². The third kappa shape index (κ3) is 11.0. The second-order valence-corrected chi connectivity index (χ2v) is 7.92. The maximum atomic E-state index is 10.6. The fourth-order valence-electron chi connectivity index (χ4n) is 3.47. The predicted octanol–water partition coefficient (Wildman–Crippen LogP) is 3.43. The van der Waals surface area contributed by atoms with Crippen LogP contribution in [0.2, 0.25) is 0 Å². The Morgan fingerprint density at radius 3 is 2.03 bits per heavy atom. The standard InChI is InChI=1S/C18H23N5O2.2C2HF3O2/c1-2-7-19-16(3-1)21-17-4-8-20-18(22-17)15-13-25-12-9-23(15)14-5-10-24-11-6-14;2*3-2(4,5)1(6)7/h1-4,7-8,14-15H,5-6,9-13H2,(H,19,20,21,22);2*(H,6,7). The highest BCUT2D eigenvalue weighted by Gasteiger charge is 2.39. The molecule has 11 nitrogen and oxygen atoms in total. The lowest BCUT2D eigenvalue weighted by molar-refractivity contribution is -0.193. The lowest BCUT2D eigenvalue weighted by Gasteiger charge is -2.41. The number of rotatable bonds is 4. The van der Waals surface area contributed by atoms with Gasteiger partial charge in [-0.05, 0) is 31.0 Å². The molecule has 2 aromatic rings. The quantitative estimate of drug-likeness (QED) is 0.466. The van der Waals surface area contributed by atoms with Gasteiger partial charge in [-0.2, -0.15) is 26.3 Å². The molecular formula is C22H25F6N5O6. The van der Waals surface area contributed by atoms with E-state index in [0.717, 1.165) is 56.7 Å². The number of morpholine rings is 1. The Morgan fingerprint density at radius 1 is 0.872 bits per heavy atom. The van der Waals surface area contributed by atoms with Gasteiger partial charge in [-0.25, -0.2) is 24.5 Å². The molecule has 2 fully saturated rings. The summed E-state index contributed by atoms with van der Waals surface area (Å²) < 4.78 is 74.7. The molecule has 1 atom stereocenters. The van der Waals surface area contributed by atoms with Gasteiger partial charge >= 0.3 is 24.3 Å². The number of aliphatic carboxylic acids is 2. The number of carboxylic acids is 2. The summed E-state index contributed by atoms with van der Waals surface area (Å²) in [5.41, 5.74) is 0. The molecule has 2 saturated heterocycles. The lowest BCUT2D eigenvalue weighted by atomic mass is 10.0. The summed E-state index contributed by atoms with van der Waals surface area (Å²) in [6.07, 6.45) is -4.50. The number of ether oxygens (including phenoxy) is 2. The Morgan fingerprint density at radius 2 is 1.49 bits per heavy atom. The van der Waals surface area contributed by atoms with Crippen LogP contribution in [-0.4, -0.2) is 93.4 Å². The van der Waals surface area contributed by atoms with Crippen LogP contribution in [0.25, 0.3) is 0 Å². The minimum Gasteiger partial charge on any atom is -0.475 e. The van der Waals surface area contributed by atoms with Crippen molar-refractivity contribution in [2.45, 2.75) is 37.3 Å². The van der Waals surface area contributed by atoms with Crippen LogP contribution in [0, 0.1) is 0 Å². The van der Waals surface area contributed by atoms with E-state index in [0.29, 0.717) is 12.6 Å². The zero-order chi connectivity index (χ0) is 29.1. The molecule has 4 heterocycles. The number of nitrogens with zero attached hydrogens (tertiary/aromatic N) is 4. The topological polar surface area (TPSA) is 147 Å². The molecule has 39 heavy (non-hydrogen) atoms. The summed E-state index contributed by atoms with van der Waals surface area (Å²) in [6.45, 7) is 3.97. The first-order valence-corrected chi connectivity index (χ1v) is 11.3. The zero-order valence-electron chi connectivity index (χ0n) is 20.2. The lowest BCUT2D eigenvalue weighted by Crippen LogP contribution is -2.48. The molecule has 0 bridgehead atoms. The van der Waals surface area contributed by atoms with Gasteiger partial charge in [0.25, 0.3) is 0 Å².